The maximum atomic E-state index is 15.0. The van der Waals surface area contributed by atoms with Gasteiger partial charge in [0.15, 0.2) is 5.82 Å². The Morgan fingerprint density at radius 3 is 2.53 bits per heavy atom. The minimum atomic E-state index is -3.84. The highest BCUT2D eigenvalue weighted by atomic mass is 35.5. The summed E-state index contributed by atoms with van der Waals surface area (Å²) in [5, 5.41) is 3.57. The molecule has 0 spiro atoms. The number of amides is 1. The molecule has 3 N–H and O–H groups in total. The van der Waals surface area contributed by atoms with Gasteiger partial charge in [-0.15, -0.1) is 0 Å². The van der Waals surface area contributed by atoms with Crippen LogP contribution in [0.15, 0.2) is 54.9 Å². The summed E-state index contributed by atoms with van der Waals surface area (Å²) >= 11 is 5.94. The molecule has 0 saturated carbocycles. The van der Waals surface area contributed by atoms with Gasteiger partial charge in [0.1, 0.15) is 17.0 Å². The first-order valence-corrected chi connectivity index (χ1v) is 12.2. The third kappa shape index (κ3) is 4.87. The number of hydrogen-bond acceptors (Lipinski definition) is 4. The lowest BCUT2D eigenvalue weighted by Gasteiger charge is -2.12. The molecular formula is C23H19ClF2N4O3S. The minimum Gasteiger partial charge on any atom is -0.344 e. The van der Waals surface area contributed by atoms with Gasteiger partial charge in [0.05, 0.1) is 17.1 Å². The molecule has 34 heavy (non-hydrogen) atoms. The summed E-state index contributed by atoms with van der Waals surface area (Å²) in [5.74, 6) is -3.77. The number of carbonyl (C=O) groups is 1. The van der Waals surface area contributed by atoms with E-state index in [-0.39, 0.29) is 11.4 Å². The van der Waals surface area contributed by atoms with Gasteiger partial charge >= 0.3 is 0 Å². The van der Waals surface area contributed by atoms with Gasteiger partial charge in [-0.25, -0.2) is 22.2 Å². The fraction of sp³-hybridized carbons (Fsp3) is 0.130. The SMILES string of the molecule is CCCS(=O)(=O)Nc1ccc(F)c(C(=O)Nc2c[nH]c3ncc(-c4ccc(Cl)cc4)cc23)c1F. The number of rotatable bonds is 7. The molecule has 0 radical (unpaired) electrons. The molecule has 176 valence electrons. The number of hydrogen-bond donors (Lipinski definition) is 3. The predicted octanol–water partition coefficient (Wildman–Crippen LogP) is 5.57. The highest BCUT2D eigenvalue weighted by Gasteiger charge is 2.23. The first-order chi connectivity index (χ1) is 16.2. The number of nitrogens with zero attached hydrogens (tertiary/aromatic N) is 1. The molecule has 0 aliphatic carbocycles. The minimum absolute atomic E-state index is 0.246. The lowest BCUT2D eigenvalue weighted by atomic mass is 10.1. The van der Waals surface area contributed by atoms with Gasteiger partial charge in [-0.1, -0.05) is 30.7 Å². The molecule has 0 saturated heterocycles. The highest BCUT2D eigenvalue weighted by molar-refractivity contribution is 7.92. The summed E-state index contributed by atoms with van der Waals surface area (Å²) in [5.41, 5.74) is 0.859. The van der Waals surface area contributed by atoms with E-state index < -0.39 is 38.8 Å². The average molecular weight is 505 g/mol. The second kappa shape index (κ2) is 9.40. The first-order valence-electron chi connectivity index (χ1n) is 10.2. The number of halogens is 3. The van der Waals surface area contributed by atoms with E-state index in [1.165, 1.54) is 6.20 Å². The van der Waals surface area contributed by atoms with E-state index in [1.54, 1.807) is 31.3 Å². The van der Waals surface area contributed by atoms with Gasteiger partial charge in [0.25, 0.3) is 5.91 Å². The van der Waals surface area contributed by atoms with Crippen LogP contribution in [0, 0.1) is 11.6 Å². The number of carbonyl (C=O) groups excluding carboxylic acids is 1. The van der Waals surface area contributed by atoms with Crippen molar-refractivity contribution < 1.29 is 22.0 Å². The number of pyridine rings is 1. The summed E-state index contributed by atoms with van der Waals surface area (Å²) in [6, 6.07) is 10.6. The molecule has 2 heterocycles. The van der Waals surface area contributed by atoms with Crippen LogP contribution in [0.4, 0.5) is 20.2 Å². The standard InChI is InChI=1S/C23H19ClF2N4O3S/c1-2-9-34(32,33)30-18-8-7-17(25)20(21(18)26)23(31)29-19-12-28-22-16(19)10-14(11-27-22)13-3-5-15(24)6-4-13/h3-8,10-12,30H,2,9H2,1H3,(H,27,28)(H,29,31). The highest BCUT2D eigenvalue weighted by Crippen LogP contribution is 2.29. The zero-order chi connectivity index (χ0) is 24.5. The van der Waals surface area contributed by atoms with Crippen molar-refractivity contribution in [2.24, 2.45) is 0 Å². The number of benzene rings is 2. The quantitative estimate of drug-likeness (QED) is 0.306. The number of anilines is 2. The molecule has 0 aliphatic rings. The average Bonchev–Trinajstić information content (AvgIpc) is 3.18. The zero-order valence-electron chi connectivity index (χ0n) is 17.8. The van der Waals surface area contributed by atoms with Crippen molar-refractivity contribution in [3.05, 3.63) is 77.1 Å². The largest absolute Gasteiger partial charge is 0.344 e. The predicted molar refractivity (Wildman–Crippen MR) is 129 cm³/mol. The number of fused-ring (bicyclic) bond motifs is 1. The molecule has 1 amide bonds. The second-order valence-corrected chi connectivity index (χ2v) is 9.77. The summed E-state index contributed by atoms with van der Waals surface area (Å²) in [7, 11) is -3.84. The van der Waals surface area contributed by atoms with Crippen molar-refractivity contribution in [2.45, 2.75) is 13.3 Å². The fourth-order valence-electron chi connectivity index (χ4n) is 3.42. The lowest BCUT2D eigenvalue weighted by Crippen LogP contribution is -2.20. The molecule has 0 atom stereocenters. The lowest BCUT2D eigenvalue weighted by molar-refractivity contribution is 0.101. The smallest absolute Gasteiger partial charge is 0.261 e. The molecule has 7 nitrogen and oxygen atoms in total. The van der Waals surface area contributed by atoms with E-state index >= 15 is 0 Å². The van der Waals surface area contributed by atoms with E-state index in [0.717, 1.165) is 23.3 Å². The topological polar surface area (TPSA) is 104 Å². The maximum absolute atomic E-state index is 15.0. The summed E-state index contributed by atoms with van der Waals surface area (Å²) in [4.78, 5) is 20.0. The van der Waals surface area contributed by atoms with Gasteiger partial charge in [-0.2, -0.15) is 0 Å². The molecule has 4 rings (SSSR count). The molecule has 4 aromatic rings. The third-order valence-electron chi connectivity index (χ3n) is 5.01. The molecule has 2 aromatic heterocycles. The van der Waals surface area contributed by atoms with E-state index in [9.17, 15) is 22.0 Å². The van der Waals surface area contributed by atoms with Crippen LogP contribution in [0.25, 0.3) is 22.2 Å². The van der Waals surface area contributed by atoms with Crippen LogP contribution in [-0.2, 0) is 10.0 Å². The van der Waals surface area contributed by atoms with Crippen molar-refractivity contribution >= 4 is 49.9 Å². The molecule has 0 aliphatic heterocycles. The van der Waals surface area contributed by atoms with Crippen LogP contribution in [0.3, 0.4) is 0 Å². The molecular weight excluding hydrogens is 486 g/mol. The Balaban J connectivity index is 1.66. The van der Waals surface area contributed by atoms with Crippen LogP contribution < -0.4 is 10.0 Å². The number of aromatic amines is 1. The Bertz CT molecular complexity index is 1490. The van der Waals surface area contributed by atoms with E-state index in [1.807, 2.05) is 12.1 Å². The summed E-state index contributed by atoms with van der Waals surface area (Å²) < 4.78 is 55.4. The maximum Gasteiger partial charge on any atom is 0.261 e. The van der Waals surface area contributed by atoms with Gasteiger partial charge in [-0.05, 0) is 42.3 Å². The number of aromatic nitrogens is 2. The van der Waals surface area contributed by atoms with Crippen LogP contribution in [0.1, 0.15) is 23.7 Å². The van der Waals surface area contributed by atoms with Crippen LogP contribution >= 0.6 is 11.6 Å². The molecule has 11 heteroatoms. The van der Waals surface area contributed by atoms with Crippen LogP contribution in [0.2, 0.25) is 5.02 Å². The van der Waals surface area contributed by atoms with E-state index in [4.69, 9.17) is 11.6 Å². The van der Waals surface area contributed by atoms with Crippen molar-refractivity contribution in [3.63, 3.8) is 0 Å². The molecule has 0 bridgehead atoms. The number of H-pyrrole nitrogens is 1. The monoisotopic (exact) mass is 504 g/mol. The van der Waals surface area contributed by atoms with E-state index in [2.05, 4.69) is 20.0 Å². The Morgan fingerprint density at radius 1 is 1.09 bits per heavy atom. The summed E-state index contributed by atoms with van der Waals surface area (Å²) in [6.07, 6.45) is 3.39. The van der Waals surface area contributed by atoms with Crippen LogP contribution in [-0.4, -0.2) is 30.0 Å². The molecule has 2 aromatic carbocycles. The van der Waals surface area contributed by atoms with Gasteiger partial charge in [0, 0.05) is 28.4 Å². The number of nitrogens with one attached hydrogen (secondary N) is 3. The normalized spacial score (nSPS) is 11.5. The Labute approximate surface area is 199 Å². The fourth-order valence-corrected chi connectivity index (χ4v) is 4.68. The van der Waals surface area contributed by atoms with Gasteiger partial charge in [0.2, 0.25) is 10.0 Å². The zero-order valence-corrected chi connectivity index (χ0v) is 19.4. The van der Waals surface area contributed by atoms with Crippen molar-refractivity contribution in [3.8, 4) is 11.1 Å². The van der Waals surface area contributed by atoms with Crippen molar-refractivity contribution in [2.75, 3.05) is 15.8 Å². The number of sulfonamides is 1. The van der Waals surface area contributed by atoms with E-state index in [0.29, 0.717) is 22.5 Å². The van der Waals surface area contributed by atoms with Crippen molar-refractivity contribution in [1.82, 2.24) is 9.97 Å². The first kappa shape index (κ1) is 23.7. The Kier molecular flexibility index (Phi) is 6.54. The van der Waals surface area contributed by atoms with Crippen LogP contribution in [0.5, 0.6) is 0 Å². The van der Waals surface area contributed by atoms with Gasteiger partial charge < -0.3 is 10.3 Å². The second-order valence-electron chi connectivity index (χ2n) is 7.49. The Morgan fingerprint density at radius 2 is 1.82 bits per heavy atom. The van der Waals surface area contributed by atoms with Gasteiger partial charge in [-0.3, -0.25) is 9.52 Å². The van der Waals surface area contributed by atoms with Crippen molar-refractivity contribution in [1.29, 1.82) is 0 Å². The molecule has 0 fully saturated rings. The molecule has 0 unspecified atom stereocenters. The summed E-state index contributed by atoms with van der Waals surface area (Å²) in [6.45, 7) is 1.65. The Hall–Kier alpha value is -3.50. The third-order valence-corrected chi connectivity index (χ3v) is 6.74.